The number of nitrogens with zero attached hydrogens (tertiary/aromatic N) is 3. The van der Waals surface area contributed by atoms with E-state index in [1.165, 1.54) is 4.44 Å². The minimum atomic E-state index is -3.99. The second kappa shape index (κ2) is 8.83. The Morgan fingerprint density at radius 1 is 1.00 bits per heavy atom. The number of aldehydes is 1. The third kappa shape index (κ3) is 5.76. The summed E-state index contributed by atoms with van der Waals surface area (Å²) in [5.41, 5.74) is 3.03. The van der Waals surface area contributed by atoms with Gasteiger partial charge in [-0.3, -0.25) is 0 Å². The molecule has 0 spiro atoms. The summed E-state index contributed by atoms with van der Waals surface area (Å²) in [6.45, 7) is 0.956. The van der Waals surface area contributed by atoms with Gasteiger partial charge < -0.3 is 0 Å². The van der Waals surface area contributed by atoms with Gasteiger partial charge in [-0.05, 0) is 0 Å². The molecule has 0 aliphatic rings. The molecule has 140 valence electrons. The zero-order valence-electron chi connectivity index (χ0n) is 14.5. The van der Waals surface area contributed by atoms with E-state index in [1.54, 1.807) is 4.57 Å². The Kier molecular flexibility index (Phi) is 6.47. The van der Waals surface area contributed by atoms with Crippen LogP contribution in [0.2, 0.25) is 0 Å². The molecule has 3 aromatic rings. The molecule has 3 aromatic heterocycles. The van der Waals surface area contributed by atoms with Crippen LogP contribution in [0, 0.1) is 0 Å². The quantitative estimate of drug-likeness (QED) is 0.228. The number of rotatable bonds is 8. The molecule has 0 radical (unpaired) electrons. The number of hydrogen-bond donors (Lipinski definition) is 2. The molecule has 0 aliphatic carbocycles. The molecule has 2 N–H and O–H groups in total. The second-order valence-corrected chi connectivity index (χ2v) is 9.53. The van der Waals surface area contributed by atoms with Crippen molar-refractivity contribution in [1.82, 2.24) is 3.98 Å². The van der Waals surface area contributed by atoms with E-state index in [-0.39, 0.29) is 27.4 Å². The Morgan fingerprint density at radius 2 is 1.59 bits per heavy atom. The normalized spacial score (nSPS) is 11.5. The van der Waals surface area contributed by atoms with E-state index in [0.717, 1.165) is 23.1 Å². The van der Waals surface area contributed by atoms with Crippen LogP contribution in [0.25, 0.3) is 21.3 Å². The first kappa shape index (κ1) is 19.8. The van der Waals surface area contributed by atoms with E-state index in [4.69, 9.17) is 9.79 Å². The molecule has 0 atom stereocenters. The summed E-state index contributed by atoms with van der Waals surface area (Å²) in [7, 11) is -3.99. The molecule has 7 nitrogen and oxygen atoms in total. The molecule has 0 aromatic carbocycles. The van der Waals surface area contributed by atoms with Crippen molar-refractivity contribution in [1.29, 1.82) is 0 Å². The van der Waals surface area contributed by atoms with Crippen LogP contribution in [0.1, 0.15) is 6.42 Å². The van der Waals surface area contributed by atoms with Crippen molar-refractivity contribution in [2.45, 2.75) is 19.5 Å². The van der Waals surface area contributed by atoms with Gasteiger partial charge in [0.15, 0.2) is 0 Å². The van der Waals surface area contributed by atoms with Gasteiger partial charge in [-0.2, -0.15) is 0 Å². The third-order valence-corrected chi connectivity index (χ3v) is 6.57. The Bertz CT molecular complexity index is 951. The van der Waals surface area contributed by atoms with Crippen LogP contribution in [-0.2, 0) is 22.4 Å². The molecule has 0 bridgehead atoms. The van der Waals surface area contributed by atoms with E-state index in [2.05, 4.69) is 10.0 Å². The first-order valence-electron chi connectivity index (χ1n) is 8.38. The zero-order valence-corrected chi connectivity index (χ0v) is 17.1. The van der Waals surface area contributed by atoms with Crippen molar-refractivity contribution in [3.8, 4) is 21.3 Å². The van der Waals surface area contributed by atoms with Crippen molar-refractivity contribution < 1.29 is 28.3 Å². The predicted octanol–water partition coefficient (Wildman–Crippen LogP) is 0.814. The van der Waals surface area contributed by atoms with Crippen LogP contribution < -0.4 is 9.13 Å². The Balaban J connectivity index is 1.70. The molecule has 3 rings (SSSR count). The first-order chi connectivity index (χ1) is 12.9. The molecule has 0 unspecified atom stereocenters. The molecule has 27 heavy (non-hydrogen) atoms. The van der Waals surface area contributed by atoms with E-state index in [1.807, 2.05) is 53.6 Å². The van der Waals surface area contributed by atoms with Gasteiger partial charge in [0.25, 0.3) is 0 Å². The van der Waals surface area contributed by atoms with Crippen LogP contribution >= 0.6 is 7.60 Å². The number of carbonyl (C=O) groups excluding carboxylic acids is 1. The van der Waals surface area contributed by atoms with Gasteiger partial charge in [-0.1, -0.05) is 0 Å². The SMILES string of the molecule is O=CCC[n+]1ccc(-c2cc(-c3cc[n+](CCP(=O)(O)O)cc3)n[se]2)cc1. The summed E-state index contributed by atoms with van der Waals surface area (Å²) < 4.78 is 20.5. The second-order valence-electron chi connectivity index (χ2n) is 6.07. The Labute approximate surface area is 163 Å². The molecule has 0 aliphatic heterocycles. The van der Waals surface area contributed by atoms with E-state index in [0.29, 0.717) is 13.0 Å². The van der Waals surface area contributed by atoms with Gasteiger partial charge in [0, 0.05) is 0 Å². The Morgan fingerprint density at radius 3 is 2.19 bits per heavy atom. The van der Waals surface area contributed by atoms with Gasteiger partial charge in [-0.15, -0.1) is 0 Å². The van der Waals surface area contributed by atoms with Gasteiger partial charge >= 0.3 is 163 Å². The van der Waals surface area contributed by atoms with Crippen molar-refractivity contribution in [2.75, 3.05) is 6.16 Å². The third-order valence-electron chi connectivity index (χ3n) is 4.03. The minimum absolute atomic E-state index is 0.0105. The number of aromatic nitrogens is 3. The van der Waals surface area contributed by atoms with Crippen LogP contribution in [0.3, 0.4) is 0 Å². The number of aryl methyl sites for hydroxylation is 2. The number of carbonyl (C=O) groups is 1. The Hall–Kier alpha value is -1.95. The van der Waals surface area contributed by atoms with Crippen molar-refractivity contribution in [2.24, 2.45) is 0 Å². The van der Waals surface area contributed by atoms with Crippen LogP contribution in [-0.4, -0.2) is 40.9 Å². The van der Waals surface area contributed by atoms with E-state index >= 15 is 0 Å². The van der Waals surface area contributed by atoms with Crippen LogP contribution in [0.4, 0.5) is 0 Å². The average Bonchev–Trinajstić information content (AvgIpc) is 3.15. The summed E-state index contributed by atoms with van der Waals surface area (Å²) in [5.74, 6) is 0. The monoisotopic (exact) mass is 453 g/mol. The average molecular weight is 452 g/mol. The van der Waals surface area contributed by atoms with Crippen molar-refractivity contribution in [3.63, 3.8) is 0 Å². The maximum atomic E-state index is 11.0. The number of hydrogen-bond acceptors (Lipinski definition) is 3. The molecular formula is C18H20N3O4PSe+2. The fourth-order valence-corrected chi connectivity index (χ4v) is 4.63. The van der Waals surface area contributed by atoms with Crippen LogP contribution in [0.15, 0.2) is 55.1 Å². The van der Waals surface area contributed by atoms with E-state index < -0.39 is 7.60 Å². The van der Waals surface area contributed by atoms with Gasteiger partial charge in [0.2, 0.25) is 0 Å². The van der Waals surface area contributed by atoms with Crippen molar-refractivity contribution >= 4 is 28.6 Å². The molecule has 9 heteroatoms. The van der Waals surface area contributed by atoms with Gasteiger partial charge in [0.1, 0.15) is 0 Å². The predicted molar refractivity (Wildman–Crippen MR) is 100 cm³/mol. The molecule has 3 heterocycles. The standard InChI is InChI=1S/C18H18N3O4PSe/c22-12-1-6-20-9-4-16(5-10-20)18-14-17(19-27-18)15-2-7-21(8-3-15)11-13-26(23,24)25/h2-5,7-10,12,14H,1,6,11,13H2/p+2. The zero-order chi connectivity index (χ0) is 19.3. The topological polar surface area (TPSA) is 95.2 Å². The molecular weight excluding hydrogens is 432 g/mol. The number of pyridine rings is 2. The summed E-state index contributed by atoms with van der Waals surface area (Å²) in [4.78, 5) is 28.4. The van der Waals surface area contributed by atoms with Gasteiger partial charge in [0.05, 0.1) is 0 Å². The fourth-order valence-electron chi connectivity index (χ4n) is 2.54. The molecule has 0 fully saturated rings. The van der Waals surface area contributed by atoms with Crippen molar-refractivity contribution in [3.05, 3.63) is 55.1 Å². The molecule has 0 saturated carbocycles. The van der Waals surface area contributed by atoms with Gasteiger partial charge in [-0.25, -0.2) is 0 Å². The first-order valence-corrected chi connectivity index (χ1v) is 11.8. The summed E-state index contributed by atoms with van der Waals surface area (Å²) >= 11 is 0.0105. The van der Waals surface area contributed by atoms with E-state index in [9.17, 15) is 9.36 Å². The summed E-state index contributed by atoms with van der Waals surface area (Å²) in [6.07, 6.45) is 8.81. The molecule has 0 amide bonds. The summed E-state index contributed by atoms with van der Waals surface area (Å²) in [5, 5.41) is 0. The molecule has 0 saturated heterocycles. The fraction of sp³-hybridized carbons (Fsp3) is 0.222. The summed E-state index contributed by atoms with van der Waals surface area (Å²) in [6, 6.07) is 9.98. The maximum absolute atomic E-state index is 11.0. The van der Waals surface area contributed by atoms with Crippen LogP contribution in [0.5, 0.6) is 0 Å².